The highest BCUT2D eigenvalue weighted by Gasteiger charge is 2.18. The van der Waals surface area contributed by atoms with E-state index in [0.29, 0.717) is 21.5 Å². The smallest absolute Gasteiger partial charge is 0.282 e. The van der Waals surface area contributed by atoms with Crippen molar-refractivity contribution in [3.05, 3.63) is 52.2 Å². The third kappa shape index (κ3) is 3.60. The van der Waals surface area contributed by atoms with E-state index in [9.17, 15) is 8.42 Å². The van der Waals surface area contributed by atoms with Gasteiger partial charge in [-0.25, -0.2) is 0 Å². The summed E-state index contributed by atoms with van der Waals surface area (Å²) in [6, 6.07) is 8.31. The van der Waals surface area contributed by atoms with Gasteiger partial charge in [0.1, 0.15) is 11.8 Å². The molecule has 0 aliphatic heterocycles. The molecule has 0 radical (unpaired) electrons. The summed E-state index contributed by atoms with van der Waals surface area (Å²) in [6.45, 7) is 0. The van der Waals surface area contributed by atoms with E-state index < -0.39 is 10.0 Å². The molecule has 5 nitrogen and oxygen atoms in total. The van der Waals surface area contributed by atoms with Crippen molar-refractivity contribution in [2.75, 3.05) is 7.11 Å². The number of ether oxygens (including phenoxy) is 1. The van der Waals surface area contributed by atoms with Gasteiger partial charge in [-0.05, 0) is 30.4 Å². The Kier molecular flexibility index (Phi) is 4.60. The molecule has 1 aliphatic rings. The Hall–Kier alpha value is -1.91. The molecular weight excluding hydrogens is 356 g/mol. The van der Waals surface area contributed by atoms with Crippen LogP contribution in [0.1, 0.15) is 6.42 Å². The number of methoxy groups -OCH3 is 1. The molecule has 7 heteroatoms. The van der Waals surface area contributed by atoms with Gasteiger partial charge in [-0.1, -0.05) is 22.0 Å². The summed E-state index contributed by atoms with van der Waals surface area (Å²) in [5.41, 5.74) is 0.696. The Balaban J connectivity index is 2.36. The number of sulfonamides is 1. The number of hydrogen-bond acceptors (Lipinski definition) is 4. The van der Waals surface area contributed by atoms with Crippen molar-refractivity contribution in [2.24, 2.45) is 4.40 Å². The van der Waals surface area contributed by atoms with Crippen molar-refractivity contribution in [2.45, 2.75) is 11.3 Å². The summed E-state index contributed by atoms with van der Waals surface area (Å²) in [7, 11) is -2.36. The van der Waals surface area contributed by atoms with Crippen LogP contribution < -0.4 is 0 Å². The maximum absolute atomic E-state index is 12.2. The molecule has 0 bridgehead atoms. The lowest BCUT2D eigenvalue weighted by atomic mass is 10.0. The van der Waals surface area contributed by atoms with Crippen molar-refractivity contribution in [3.63, 3.8) is 0 Å². The van der Waals surface area contributed by atoms with E-state index >= 15 is 0 Å². The number of halogens is 1. The molecule has 0 heterocycles. The standard InChI is InChI=1S/C14H11BrN2O3S/c1-20-14-8-12(6-5-10(14)9-16)17-21(18,19)13-4-2-3-11(15)7-13/h2-7H,8H2,1H3. The fourth-order valence-corrected chi connectivity index (χ4v) is 3.39. The van der Waals surface area contributed by atoms with E-state index in [0.717, 1.165) is 0 Å². The van der Waals surface area contributed by atoms with E-state index in [1.54, 1.807) is 12.1 Å². The lowest BCUT2D eigenvalue weighted by Crippen LogP contribution is -2.09. The Labute approximate surface area is 131 Å². The summed E-state index contributed by atoms with van der Waals surface area (Å²) >= 11 is 3.23. The van der Waals surface area contributed by atoms with Crippen LogP contribution in [0.25, 0.3) is 0 Å². The minimum atomic E-state index is -3.79. The van der Waals surface area contributed by atoms with Gasteiger partial charge in [0.15, 0.2) is 0 Å². The van der Waals surface area contributed by atoms with Gasteiger partial charge < -0.3 is 4.74 Å². The van der Waals surface area contributed by atoms with Gasteiger partial charge in [-0.2, -0.15) is 18.1 Å². The van der Waals surface area contributed by atoms with Crippen LogP contribution in [-0.2, 0) is 14.8 Å². The number of nitrogens with zero attached hydrogens (tertiary/aromatic N) is 2. The fourth-order valence-electron chi connectivity index (χ4n) is 1.77. The first-order valence-corrected chi connectivity index (χ1v) is 8.14. The molecule has 0 aromatic heterocycles. The number of nitriles is 1. The second kappa shape index (κ2) is 6.24. The molecule has 0 saturated heterocycles. The monoisotopic (exact) mass is 366 g/mol. The van der Waals surface area contributed by atoms with Crippen LogP contribution in [-0.4, -0.2) is 21.2 Å². The third-order valence-electron chi connectivity index (χ3n) is 2.78. The molecule has 0 atom stereocenters. The Morgan fingerprint density at radius 1 is 1.38 bits per heavy atom. The SMILES string of the molecule is COC1=C(C#N)C=CC(=NS(=O)(=O)c2cccc(Br)c2)C1. The van der Waals surface area contributed by atoms with Gasteiger partial charge >= 0.3 is 0 Å². The van der Waals surface area contributed by atoms with Crippen molar-refractivity contribution in [1.29, 1.82) is 5.26 Å². The lowest BCUT2D eigenvalue weighted by molar-refractivity contribution is 0.285. The molecule has 2 rings (SSSR count). The molecule has 0 fully saturated rings. The zero-order valence-corrected chi connectivity index (χ0v) is 13.5. The van der Waals surface area contributed by atoms with Crippen LogP contribution >= 0.6 is 15.9 Å². The summed E-state index contributed by atoms with van der Waals surface area (Å²) in [4.78, 5) is 0.104. The maximum Gasteiger partial charge on any atom is 0.282 e. The first-order valence-electron chi connectivity index (χ1n) is 5.91. The second-order valence-electron chi connectivity index (χ2n) is 4.18. The van der Waals surface area contributed by atoms with Gasteiger partial charge in [-0.15, -0.1) is 0 Å². The highest BCUT2D eigenvalue weighted by Crippen LogP contribution is 2.22. The van der Waals surface area contributed by atoms with Crippen LogP contribution in [0.15, 0.2) is 61.5 Å². The van der Waals surface area contributed by atoms with Crippen LogP contribution in [0, 0.1) is 11.3 Å². The molecule has 1 aliphatic carbocycles. The van der Waals surface area contributed by atoms with Crippen molar-refractivity contribution < 1.29 is 13.2 Å². The van der Waals surface area contributed by atoms with E-state index in [4.69, 9.17) is 10.00 Å². The first-order chi connectivity index (χ1) is 9.96. The lowest BCUT2D eigenvalue weighted by Gasteiger charge is -2.12. The van der Waals surface area contributed by atoms with Gasteiger partial charge in [0.25, 0.3) is 10.0 Å². The highest BCUT2D eigenvalue weighted by molar-refractivity contribution is 9.10. The van der Waals surface area contributed by atoms with Gasteiger partial charge in [0.05, 0.1) is 23.3 Å². The first kappa shape index (κ1) is 15.5. The van der Waals surface area contributed by atoms with Crippen molar-refractivity contribution >= 4 is 31.7 Å². The molecule has 1 aromatic rings. The molecule has 108 valence electrons. The molecule has 0 spiro atoms. The topological polar surface area (TPSA) is 79.5 Å². The third-order valence-corrected chi connectivity index (χ3v) is 4.60. The van der Waals surface area contributed by atoms with Crippen molar-refractivity contribution in [3.8, 4) is 6.07 Å². The number of rotatable bonds is 3. The minimum Gasteiger partial charge on any atom is -0.499 e. The maximum atomic E-state index is 12.2. The van der Waals surface area contributed by atoms with Crippen LogP contribution in [0.2, 0.25) is 0 Å². The van der Waals surface area contributed by atoms with Crippen LogP contribution in [0.4, 0.5) is 0 Å². The predicted octanol–water partition coefficient (Wildman–Crippen LogP) is 2.96. The second-order valence-corrected chi connectivity index (χ2v) is 6.70. The Morgan fingerprint density at radius 3 is 2.76 bits per heavy atom. The molecule has 0 amide bonds. The molecule has 0 saturated carbocycles. The molecule has 0 unspecified atom stereocenters. The Morgan fingerprint density at radius 2 is 2.14 bits per heavy atom. The summed E-state index contributed by atoms with van der Waals surface area (Å²) in [5, 5.41) is 8.92. The zero-order valence-electron chi connectivity index (χ0n) is 11.1. The van der Waals surface area contributed by atoms with Crippen LogP contribution in [0.5, 0.6) is 0 Å². The quantitative estimate of drug-likeness (QED) is 0.823. The van der Waals surface area contributed by atoms with E-state index in [1.165, 1.54) is 31.4 Å². The summed E-state index contributed by atoms with van der Waals surface area (Å²) < 4.78 is 34.0. The molecule has 0 N–H and O–H groups in total. The normalized spacial score (nSPS) is 16.9. The number of hydrogen-bond donors (Lipinski definition) is 0. The Bertz CT molecular complexity index is 802. The largest absolute Gasteiger partial charge is 0.499 e. The average molecular weight is 367 g/mol. The minimum absolute atomic E-state index is 0.104. The summed E-state index contributed by atoms with van der Waals surface area (Å²) in [5.74, 6) is 0.406. The summed E-state index contributed by atoms with van der Waals surface area (Å²) in [6.07, 6.45) is 3.18. The van der Waals surface area contributed by atoms with E-state index in [-0.39, 0.29) is 11.3 Å². The number of benzene rings is 1. The van der Waals surface area contributed by atoms with Crippen LogP contribution in [0.3, 0.4) is 0 Å². The highest BCUT2D eigenvalue weighted by atomic mass is 79.9. The average Bonchev–Trinajstić information content (AvgIpc) is 2.46. The fraction of sp³-hybridized carbons (Fsp3) is 0.143. The zero-order chi connectivity index (χ0) is 15.5. The van der Waals surface area contributed by atoms with Gasteiger partial charge in [0.2, 0.25) is 0 Å². The van der Waals surface area contributed by atoms with Crippen molar-refractivity contribution in [1.82, 2.24) is 0 Å². The predicted molar refractivity (Wildman–Crippen MR) is 82.2 cm³/mol. The molecule has 1 aromatic carbocycles. The van der Waals surface area contributed by atoms with Gasteiger partial charge in [-0.3, -0.25) is 0 Å². The van der Waals surface area contributed by atoms with E-state index in [1.807, 2.05) is 6.07 Å². The van der Waals surface area contributed by atoms with Gasteiger partial charge in [0, 0.05) is 10.9 Å². The molecular formula is C14H11BrN2O3S. The number of allylic oxidation sites excluding steroid dienone is 4. The molecule has 21 heavy (non-hydrogen) atoms. The van der Waals surface area contributed by atoms with E-state index in [2.05, 4.69) is 20.3 Å².